The van der Waals surface area contributed by atoms with Crippen molar-refractivity contribution in [2.75, 3.05) is 7.11 Å². The minimum atomic E-state index is -0.484. The lowest BCUT2D eigenvalue weighted by Gasteiger charge is -2.21. The Hall–Kier alpha value is -1.55. The van der Waals surface area contributed by atoms with Gasteiger partial charge < -0.3 is 15.8 Å². The van der Waals surface area contributed by atoms with Gasteiger partial charge in [-0.05, 0) is 18.9 Å². The summed E-state index contributed by atoms with van der Waals surface area (Å²) in [5.74, 6) is 0.752. The molecule has 2 atom stereocenters. The normalized spacial score (nSPS) is 14.1. The van der Waals surface area contributed by atoms with Crippen molar-refractivity contribution in [1.29, 1.82) is 0 Å². The summed E-state index contributed by atoms with van der Waals surface area (Å²) < 4.78 is 5.27. The van der Waals surface area contributed by atoms with Crippen molar-refractivity contribution in [2.45, 2.75) is 32.9 Å². The Morgan fingerprint density at radius 3 is 2.44 bits per heavy atom. The molecule has 1 aromatic carbocycles. The van der Waals surface area contributed by atoms with E-state index in [9.17, 15) is 4.79 Å². The Balaban J connectivity index is 2.76. The Kier molecular flexibility index (Phi) is 5.16. The maximum atomic E-state index is 11.9. The summed E-state index contributed by atoms with van der Waals surface area (Å²) in [6.45, 7) is 5.78. The monoisotopic (exact) mass is 250 g/mol. The van der Waals surface area contributed by atoms with Crippen LogP contribution in [0.15, 0.2) is 24.3 Å². The maximum Gasteiger partial charge on any atom is 0.237 e. The molecule has 0 aliphatic carbocycles. The third-order valence-electron chi connectivity index (χ3n) is 2.99. The molecule has 0 heterocycles. The highest BCUT2D eigenvalue weighted by Gasteiger charge is 2.20. The van der Waals surface area contributed by atoms with E-state index in [1.165, 1.54) is 0 Å². The molecule has 0 aliphatic rings. The fourth-order valence-electron chi connectivity index (χ4n) is 1.71. The Morgan fingerprint density at radius 1 is 1.28 bits per heavy atom. The lowest BCUT2D eigenvalue weighted by atomic mass is 10.0. The first-order valence-electron chi connectivity index (χ1n) is 6.16. The third-order valence-corrected chi connectivity index (χ3v) is 2.99. The topological polar surface area (TPSA) is 64.3 Å². The van der Waals surface area contributed by atoms with Gasteiger partial charge in [0.2, 0.25) is 5.91 Å². The van der Waals surface area contributed by atoms with Crippen LogP contribution in [0, 0.1) is 5.92 Å². The first-order chi connectivity index (χ1) is 8.47. The molecular formula is C14H22N2O2. The van der Waals surface area contributed by atoms with Crippen LogP contribution >= 0.6 is 0 Å². The lowest BCUT2D eigenvalue weighted by molar-refractivity contribution is -0.123. The summed E-state index contributed by atoms with van der Waals surface area (Å²) in [5, 5.41) is 2.91. The highest BCUT2D eigenvalue weighted by atomic mass is 16.5. The second-order valence-corrected chi connectivity index (χ2v) is 4.74. The van der Waals surface area contributed by atoms with E-state index in [4.69, 9.17) is 10.5 Å². The van der Waals surface area contributed by atoms with Crippen molar-refractivity contribution in [1.82, 2.24) is 5.32 Å². The van der Waals surface area contributed by atoms with Crippen molar-refractivity contribution in [3.05, 3.63) is 29.8 Å². The molecule has 0 saturated carbocycles. The quantitative estimate of drug-likeness (QED) is 0.838. The maximum absolute atomic E-state index is 11.9. The number of para-hydroxylation sites is 1. The van der Waals surface area contributed by atoms with Gasteiger partial charge in [0.05, 0.1) is 19.2 Å². The van der Waals surface area contributed by atoms with Gasteiger partial charge in [0, 0.05) is 5.56 Å². The van der Waals surface area contributed by atoms with Gasteiger partial charge in [-0.15, -0.1) is 0 Å². The lowest BCUT2D eigenvalue weighted by Crippen LogP contribution is -2.44. The van der Waals surface area contributed by atoms with Crippen molar-refractivity contribution >= 4 is 5.91 Å². The van der Waals surface area contributed by atoms with E-state index in [1.54, 1.807) is 7.11 Å². The van der Waals surface area contributed by atoms with Gasteiger partial charge in [-0.2, -0.15) is 0 Å². The van der Waals surface area contributed by atoms with Crippen LogP contribution in [0.2, 0.25) is 0 Å². The van der Waals surface area contributed by atoms with Crippen LogP contribution in [0.3, 0.4) is 0 Å². The first-order valence-corrected chi connectivity index (χ1v) is 6.16. The van der Waals surface area contributed by atoms with Gasteiger partial charge >= 0.3 is 0 Å². The number of rotatable bonds is 5. The van der Waals surface area contributed by atoms with E-state index in [1.807, 2.05) is 45.0 Å². The summed E-state index contributed by atoms with van der Waals surface area (Å²) in [4.78, 5) is 11.9. The summed E-state index contributed by atoms with van der Waals surface area (Å²) in [5.41, 5.74) is 6.76. The van der Waals surface area contributed by atoms with Crippen LogP contribution in [0.1, 0.15) is 32.4 Å². The van der Waals surface area contributed by atoms with Gasteiger partial charge in [0.15, 0.2) is 0 Å². The van der Waals surface area contributed by atoms with Crippen LogP contribution in [0.4, 0.5) is 0 Å². The number of ether oxygens (including phenoxy) is 1. The Morgan fingerprint density at radius 2 is 1.89 bits per heavy atom. The molecule has 1 amide bonds. The number of nitrogens with one attached hydrogen (secondary N) is 1. The first kappa shape index (κ1) is 14.5. The van der Waals surface area contributed by atoms with E-state index in [0.717, 1.165) is 11.3 Å². The number of hydrogen-bond donors (Lipinski definition) is 2. The molecule has 4 nitrogen and oxygen atoms in total. The Bertz CT molecular complexity index is 405. The number of nitrogens with two attached hydrogens (primary N) is 1. The minimum absolute atomic E-state index is 0.120. The molecule has 0 spiro atoms. The van der Waals surface area contributed by atoms with E-state index >= 15 is 0 Å². The van der Waals surface area contributed by atoms with Gasteiger partial charge in [0.1, 0.15) is 5.75 Å². The van der Waals surface area contributed by atoms with Gasteiger partial charge in [-0.3, -0.25) is 4.79 Å². The SMILES string of the molecule is COc1ccccc1C(C)NC(=O)[C@@H](N)C(C)C. The molecular weight excluding hydrogens is 228 g/mol. The summed E-state index contributed by atoms with van der Waals surface area (Å²) >= 11 is 0. The average molecular weight is 250 g/mol. The average Bonchev–Trinajstić information content (AvgIpc) is 2.37. The molecule has 100 valence electrons. The number of carbonyl (C=O) groups excluding carboxylic acids is 1. The van der Waals surface area contributed by atoms with E-state index in [0.29, 0.717) is 0 Å². The van der Waals surface area contributed by atoms with Gasteiger partial charge in [0.25, 0.3) is 0 Å². The third kappa shape index (κ3) is 3.47. The molecule has 18 heavy (non-hydrogen) atoms. The minimum Gasteiger partial charge on any atom is -0.496 e. The molecule has 0 bridgehead atoms. The molecule has 0 fully saturated rings. The molecule has 0 aromatic heterocycles. The zero-order valence-electron chi connectivity index (χ0n) is 11.4. The molecule has 1 rings (SSSR count). The Labute approximate surface area is 109 Å². The van der Waals surface area contributed by atoms with E-state index in [-0.39, 0.29) is 17.9 Å². The number of hydrogen-bond acceptors (Lipinski definition) is 3. The van der Waals surface area contributed by atoms with Crippen LogP contribution in [-0.2, 0) is 4.79 Å². The highest BCUT2D eigenvalue weighted by molar-refractivity contribution is 5.82. The second kappa shape index (κ2) is 6.40. The standard InChI is InChI=1S/C14H22N2O2/c1-9(2)13(15)14(17)16-10(3)11-7-5-6-8-12(11)18-4/h5-10,13H,15H2,1-4H3,(H,16,17)/t10?,13-/m0/s1. The van der Waals surface area contributed by atoms with Crippen LogP contribution in [0.25, 0.3) is 0 Å². The predicted octanol–water partition coefficient (Wildman–Crippen LogP) is 1.86. The number of carbonyl (C=O) groups is 1. The second-order valence-electron chi connectivity index (χ2n) is 4.74. The molecule has 3 N–H and O–H groups in total. The van der Waals surface area contributed by atoms with Gasteiger partial charge in [-0.25, -0.2) is 0 Å². The molecule has 1 unspecified atom stereocenters. The zero-order valence-corrected chi connectivity index (χ0v) is 11.4. The van der Waals surface area contributed by atoms with Crippen molar-refractivity contribution in [3.8, 4) is 5.75 Å². The van der Waals surface area contributed by atoms with Crippen molar-refractivity contribution in [3.63, 3.8) is 0 Å². The number of amides is 1. The van der Waals surface area contributed by atoms with Crippen LogP contribution < -0.4 is 15.8 Å². The molecule has 1 aromatic rings. The van der Waals surface area contributed by atoms with Crippen LogP contribution in [-0.4, -0.2) is 19.1 Å². The molecule has 0 saturated heterocycles. The highest BCUT2D eigenvalue weighted by Crippen LogP contribution is 2.24. The smallest absolute Gasteiger partial charge is 0.237 e. The zero-order chi connectivity index (χ0) is 13.7. The predicted molar refractivity (Wildman–Crippen MR) is 72.4 cm³/mol. The summed E-state index contributed by atoms with van der Waals surface area (Å²) in [6.07, 6.45) is 0. The molecule has 4 heteroatoms. The number of benzene rings is 1. The fourth-order valence-corrected chi connectivity index (χ4v) is 1.71. The van der Waals surface area contributed by atoms with E-state index < -0.39 is 6.04 Å². The largest absolute Gasteiger partial charge is 0.496 e. The van der Waals surface area contributed by atoms with Crippen molar-refractivity contribution in [2.24, 2.45) is 11.7 Å². The van der Waals surface area contributed by atoms with E-state index in [2.05, 4.69) is 5.32 Å². The molecule has 0 aliphatic heterocycles. The van der Waals surface area contributed by atoms with Gasteiger partial charge in [-0.1, -0.05) is 32.0 Å². The summed E-state index contributed by atoms with van der Waals surface area (Å²) in [7, 11) is 1.62. The van der Waals surface area contributed by atoms with Crippen LogP contribution in [0.5, 0.6) is 5.75 Å². The molecule has 0 radical (unpaired) electrons. The van der Waals surface area contributed by atoms with Crippen molar-refractivity contribution < 1.29 is 9.53 Å². The number of methoxy groups -OCH3 is 1. The fraction of sp³-hybridized carbons (Fsp3) is 0.500. The summed E-state index contributed by atoms with van der Waals surface area (Å²) in [6, 6.07) is 7.02.